The monoisotopic (exact) mass is 247 g/mol. The summed E-state index contributed by atoms with van der Waals surface area (Å²) in [4.78, 5) is 11.8. The standard InChI is InChI=1S/C14H11F2NO/c1-6-2-10(16)14(18)9-4-7-3-8(15)5-11(17)13(7)12(6)9/h2-3,5,10H,4,17H2,1H3. The third-order valence-corrected chi connectivity index (χ3v) is 3.47. The van der Waals surface area contributed by atoms with E-state index in [1.807, 2.05) is 0 Å². The topological polar surface area (TPSA) is 43.1 Å². The van der Waals surface area contributed by atoms with E-state index in [-0.39, 0.29) is 6.42 Å². The van der Waals surface area contributed by atoms with Gasteiger partial charge in [-0.1, -0.05) is 0 Å². The van der Waals surface area contributed by atoms with E-state index < -0.39 is 17.8 Å². The van der Waals surface area contributed by atoms with Crippen LogP contribution in [0, 0.1) is 5.82 Å². The van der Waals surface area contributed by atoms with E-state index in [2.05, 4.69) is 0 Å². The first kappa shape index (κ1) is 11.1. The zero-order valence-electron chi connectivity index (χ0n) is 9.76. The number of alkyl halides is 1. The van der Waals surface area contributed by atoms with Gasteiger partial charge in [-0.2, -0.15) is 0 Å². The SMILES string of the molecule is CC1=CC(F)C(=O)C2=C1c1c(N)cc(F)cc1C2. The van der Waals surface area contributed by atoms with Crippen LogP contribution in [0.4, 0.5) is 14.5 Å². The van der Waals surface area contributed by atoms with Gasteiger partial charge in [0.05, 0.1) is 0 Å². The number of ketones is 1. The molecule has 1 atom stereocenters. The molecule has 4 heteroatoms. The van der Waals surface area contributed by atoms with Gasteiger partial charge >= 0.3 is 0 Å². The lowest BCUT2D eigenvalue weighted by molar-refractivity contribution is -0.118. The summed E-state index contributed by atoms with van der Waals surface area (Å²) in [5.41, 5.74) is 9.24. The van der Waals surface area contributed by atoms with Gasteiger partial charge in [-0.05, 0) is 41.8 Å². The van der Waals surface area contributed by atoms with Gasteiger partial charge in [0.1, 0.15) is 5.82 Å². The lowest BCUT2D eigenvalue weighted by Gasteiger charge is -2.16. The zero-order valence-corrected chi connectivity index (χ0v) is 9.76. The summed E-state index contributed by atoms with van der Waals surface area (Å²) in [5, 5.41) is 0. The molecule has 2 aliphatic rings. The van der Waals surface area contributed by atoms with Gasteiger partial charge in [0, 0.05) is 23.2 Å². The molecule has 2 aliphatic carbocycles. The van der Waals surface area contributed by atoms with Crippen LogP contribution in [0.3, 0.4) is 0 Å². The van der Waals surface area contributed by atoms with Crippen LogP contribution in [0.2, 0.25) is 0 Å². The molecule has 0 saturated carbocycles. The van der Waals surface area contributed by atoms with E-state index in [9.17, 15) is 13.6 Å². The zero-order chi connectivity index (χ0) is 13.0. The van der Waals surface area contributed by atoms with Crippen molar-refractivity contribution in [3.05, 3.63) is 46.3 Å². The van der Waals surface area contributed by atoms with Crippen LogP contribution in [0.25, 0.3) is 5.57 Å². The Morgan fingerprint density at radius 2 is 2.11 bits per heavy atom. The fraction of sp³-hybridized carbons (Fsp3) is 0.214. The summed E-state index contributed by atoms with van der Waals surface area (Å²) in [5.74, 6) is -0.969. The molecule has 1 unspecified atom stereocenters. The summed E-state index contributed by atoms with van der Waals surface area (Å²) in [6.45, 7) is 1.74. The second-order valence-electron chi connectivity index (χ2n) is 4.68. The number of anilines is 1. The molecule has 1 aromatic carbocycles. The van der Waals surface area contributed by atoms with Gasteiger partial charge < -0.3 is 5.73 Å². The number of rotatable bonds is 0. The Kier molecular flexibility index (Phi) is 2.17. The quantitative estimate of drug-likeness (QED) is 0.716. The van der Waals surface area contributed by atoms with Crippen molar-refractivity contribution in [3.63, 3.8) is 0 Å². The van der Waals surface area contributed by atoms with Gasteiger partial charge in [0.15, 0.2) is 12.0 Å². The van der Waals surface area contributed by atoms with E-state index in [0.29, 0.717) is 33.5 Å². The van der Waals surface area contributed by atoms with E-state index in [4.69, 9.17) is 5.73 Å². The first-order valence-corrected chi connectivity index (χ1v) is 5.67. The average Bonchev–Trinajstić information content (AvgIpc) is 2.65. The van der Waals surface area contributed by atoms with Crippen molar-refractivity contribution in [3.8, 4) is 0 Å². The molecule has 3 rings (SSSR count). The minimum Gasteiger partial charge on any atom is -0.398 e. The highest BCUT2D eigenvalue weighted by Gasteiger charge is 2.35. The smallest absolute Gasteiger partial charge is 0.197 e. The molecule has 92 valence electrons. The Labute approximate surface area is 103 Å². The van der Waals surface area contributed by atoms with Gasteiger partial charge in [-0.25, -0.2) is 8.78 Å². The largest absolute Gasteiger partial charge is 0.398 e. The first-order valence-electron chi connectivity index (χ1n) is 5.67. The van der Waals surface area contributed by atoms with E-state index >= 15 is 0 Å². The molecule has 0 bridgehead atoms. The molecule has 0 aliphatic heterocycles. The maximum atomic E-state index is 13.5. The number of fused-ring (bicyclic) bond motifs is 2. The molecule has 0 radical (unpaired) electrons. The maximum absolute atomic E-state index is 13.5. The highest BCUT2D eigenvalue weighted by atomic mass is 19.1. The molecule has 0 spiro atoms. The molecule has 18 heavy (non-hydrogen) atoms. The fourth-order valence-corrected chi connectivity index (χ4v) is 2.75. The molecule has 0 amide bonds. The van der Waals surface area contributed by atoms with E-state index in [1.165, 1.54) is 18.2 Å². The normalized spacial score (nSPS) is 21.8. The van der Waals surface area contributed by atoms with Gasteiger partial charge in [0.2, 0.25) is 0 Å². The van der Waals surface area contributed by atoms with Crippen LogP contribution in [-0.2, 0) is 11.2 Å². The van der Waals surface area contributed by atoms with Crippen LogP contribution in [0.1, 0.15) is 18.1 Å². The summed E-state index contributed by atoms with van der Waals surface area (Å²) >= 11 is 0. The van der Waals surface area contributed by atoms with Gasteiger partial charge in [-0.3, -0.25) is 4.79 Å². The number of halogens is 2. The molecule has 0 heterocycles. The molecule has 0 aromatic heterocycles. The van der Waals surface area contributed by atoms with Gasteiger partial charge in [0.25, 0.3) is 0 Å². The molecule has 0 saturated heterocycles. The highest BCUT2D eigenvalue weighted by molar-refractivity contribution is 6.14. The maximum Gasteiger partial charge on any atom is 0.197 e. The van der Waals surface area contributed by atoms with Crippen LogP contribution in [0.5, 0.6) is 0 Å². The number of nitrogens with two attached hydrogens (primary N) is 1. The fourth-order valence-electron chi connectivity index (χ4n) is 2.75. The Balaban J connectivity index is 2.25. The van der Waals surface area contributed by atoms with Crippen molar-refractivity contribution in [2.75, 3.05) is 5.73 Å². The number of benzene rings is 1. The molecular formula is C14H11F2NO. The summed E-state index contributed by atoms with van der Waals surface area (Å²) < 4.78 is 26.8. The third kappa shape index (κ3) is 1.35. The second kappa shape index (κ2) is 3.51. The van der Waals surface area contributed by atoms with Crippen LogP contribution in [-0.4, -0.2) is 12.0 Å². The van der Waals surface area contributed by atoms with Crippen LogP contribution < -0.4 is 5.73 Å². The Hall–Kier alpha value is -1.97. The summed E-state index contributed by atoms with van der Waals surface area (Å²) in [6.07, 6.45) is -0.0417. The molecule has 2 N–H and O–H groups in total. The van der Waals surface area contributed by atoms with E-state index in [0.717, 1.165) is 0 Å². The molecular weight excluding hydrogens is 236 g/mol. The number of hydrogen-bond donors (Lipinski definition) is 1. The van der Waals surface area contributed by atoms with Crippen molar-refractivity contribution in [2.45, 2.75) is 19.5 Å². The van der Waals surface area contributed by atoms with Crippen molar-refractivity contribution >= 4 is 17.0 Å². The minimum absolute atomic E-state index is 0.261. The first-order chi connectivity index (χ1) is 8.49. The lowest BCUT2D eigenvalue weighted by atomic mass is 9.89. The molecule has 1 aromatic rings. The van der Waals surface area contributed by atoms with Crippen LogP contribution in [0.15, 0.2) is 29.4 Å². The number of carbonyl (C=O) groups is 1. The number of carbonyl (C=O) groups excluding carboxylic acids is 1. The number of allylic oxidation sites excluding steroid dienone is 4. The number of hydrogen-bond acceptors (Lipinski definition) is 2. The average molecular weight is 247 g/mol. The van der Waals surface area contributed by atoms with Crippen molar-refractivity contribution in [1.29, 1.82) is 0 Å². The third-order valence-electron chi connectivity index (χ3n) is 3.47. The summed E-state index contributed by atoms with van der Waals surface area (Å²) in [7, 11) is 0. The van der Waals surface area contributed by atoms with Crippen molar-refractivity contribution in [1.82, 2.24) is 0 Å². The predicted molar refractivity (Wildman–Crippen MR) is 65.1 cm³/mol. The minimum atomic E-state index is -1.59. The Bertz CT molecular complexity index is 643. The second-order valence-corrected chi connectivity index (χ2v) is 4.68. The lowest BCUT2D eigenvalue weighted by Crippen LogP contribution is -2.20. The molecule has 0 fully saturated rings. The van der Waals surface area contributed by atoms with Crippen molar-refractivity contribution in [2.24, 2.45) is 0 Å². The Morgan fingerprint density at radius 3 is 2.83 bits per heavy atom. The van der Waals surface area contributed by atoms with Gasteiger partial charge in [-0.15, -0.1) is 0 Å². The Morgan fingerprint density at radius 1 is 1.39 bits per heavy atom. The molecule has 2 nitrogen and oxygen atoms in total. The van der Waals surface area contributed by atoms with E-state index in [1.54, 1.807) is 6.92 Å². The predicted octanol–water partition coefficient (Wildman–Crippen LogP) is 2.58. The number of Topliss-reactive ketones (excluding diaryl/α,β-unsaturated/α-hetero) is 1. The van der Waals surface area contributed by atoms with Crippen molar-refractivity contribution < 1.29 is 13.6 Å². The highest BCUT2D eigenvalue weighted by Crippen LogP contribution is 2.44. The van der Waals surface area contributed by atoms with Crippen LogP contribution >= 0.6 is 0 Å². The number of nitrogen functional groups attached to an aromatic ring is 1. The summed E-state index contributed by atoms with van der Waals surface area (Å²) in [6, 6.07) is 2.59.